The van der Waals surface area contributed by atoms with E-state index in [2.05, 4.69) is 16.2 Å². The molecule has 0 saturated carbocycles. The molecule has 1 aliphatic rings. The zero-order chi connectivity index (χ0) is 17.1. The first kappa shape index (κ1) is 16.2. The van der Waals surface area contributed by atoms with E-state index in [1.165, 1.54) is 29.6 Å². The van der Waals surface area contributed by atoms with Gasteiger partial charge in [0.25, 0.3) is 0 Å². The fourth-order valence-corrected chi connectivity index (χ4v) is 3.35. The molecule has 1 fully saturated rings. The van der Waals surface area contributed by atoms with Gasteiger partial charge in [-0.05, 0) is 18.1 Å². The van der Waals surface area contributed by atoms with Gasteiger partial charge in [-0.1, -0.05) is 17.8 Å². The Kier molecular flexibility index (Phi) is 4.62. The van der Waals surface area contributed by atoms with Crippen LogP contribution in [0.2, 0.25) is 0 Å². The summed E-state index contributed by atoms with van der Waals surface area (Å²) in [7, 11) is 0. The number of rotatable bonds is 4. The lowest BCUT2D eigenvalue weighted by molar-refractivity contribution is -0.117. The Labute approximate surface area is 143 Å². The van der Waals surface area contributed by atoms with Crippen molar-refractivity contribution in [3.05, 3.63) is 36.2 Å². The largest absolute Gasteiger partial charge is 0.295 e. The molecular formula is C16H15N5O2S. The van der Waals surface area contributed by atoms with E-state index >= 15 is 0 Å². The molecule has 0 N–H and O–H groups in total. The number of carbonyl (C=O) groups excluding carboxylic acids is 2. The molecule has 2 aromatic rings. The van der Waals surface area contributed by atoms with Gasteiger partial charge < -0.3 is 0 Å². The molecule has 1 unspecified atom stereocenters. The molecule has 7 nitrogen and oxygen atoms in total. The van der Waals surface area contributed by atoms with E-state index in [-0.39, 0.29) is 16.9 Å². The molecule has 122 valence electrons. The summed E-state index contributed by atoms with van der Waals surface area (Å²) >= 11 is 1.22. The van der Waals surface area contributed by atoms with E-state index < -0.39 is 0 Å². The summed E-state index contributed by atoms with van der Waals surface area (Å²) in [6, 6.07) is 7.45. The van der Waals surface area contributed by atoms with Crippen LogP contribution >= 0.6 is 11.8 Å². The topological polar surface area (TPSA) is 91.9 Å². The van der Waals surface area contributed by atoms with Gasteiger partial charge >= 0.3 is 0 Å². The standard InChI is InChI=1S/C16H15N5O2S/c1-11(22)24-10-12-6-15(23)20(9-12)16-13(7-17)8-19-21(16)14-4-2-3-5-18-14/h2-5,8,12H,6,9-10H2,1H3. The third-order valence-electron chi connectivity index (χ3n) is 3.71. The van der Waals surface area contributed by atoms with Crippen molar-refractivity contribution in [3.8, 4) is 11.9 Å². The smallest absolute Gasteiger partial charge is 0.228 e. The molecule has 1 atom stereocenters. The van der Waals surface area contributed by atoms with Gasteiger partial charge in [0.2, 0.25) is 5.91 Å². The molecule has 1 saturated heterocycles. The van der Waals surface area contributed by atoms with Crippen molar-refractivity contribution in [1.82, 2.24) is 14.8 Å². The molecule has 0 bridgehead atoms. The molecule has 3 rings (SSSR count). The molecule has 1 aliphatic heterocycles. The summed E-state index contributed by atoms with van der Waals surface area (Å²) in [5, 5.41) is 13.6. The second-order valence-corrected chi connectivity index (χ2v) is 6.67. The van der Waals surface area contributed by atoms with Gasteiger partial charge in [0.05, 0.1) is 6.20 Å². The summed E-state index contributed by atoms with van der Waals surface area (Å²) in [4.78, 5) is 29.4. The predicted octanol–water partition coefficient (Wildman–Crippen LogP) is 1.77. The number of nitriles is 1. The second kappa shape index (κ2) is 6.84. The molecular weight excluding hydrogens is 326 g/mol. The molecule has 8 heteroatoms. The van der Waals surface area contributed by atoms with Crippen LogP contribution in [0.25, 0.3) is 5.82 Å². The highest BCUT2D eigenvalue weighted by atomic mass is 32.2. The van der Waals surface area contributed by atoms with Crippen LogP contribution in [0.1, 0.15) is 18.9 Å². The minimum atomic E-state index is -0.0710. The van der Waals surface area contributed by atoms with Crippen LogP contribution in [0, 0.1) is 17.2 Å². The molecule has 24 heavy (non-hydrogen) atoms. The average Bonchev–Trinajstić information content (AvgIpc) is 3.16. The van der Waals surface area contributed by atoms with Crippen LogP contribution in [-0.2, 0) is 9.59 Å². The van der Waals surface area contributed by atoms with Gasteiger partial charge in [-0.3, -0.25) is 14.5 Å². The Morgan fingerprint density at radius 2 is 2.33 bits per heavy atom. The van der Waals surface area contributed by atoms with Crippen molar-refractivity contribution in [2.45, 2.75) is 13.3 Å². The van der Waals surface area contributed by atoms with Gasteiger partial charge in [0.15, 0.2) is 16.8 Å². The minimum Gasteiger partial charge on any atom is -0.295 e. The van der Waals surface area contributed by atoms with Crippen molar-refractivity contribution in [2.24, 2.45) is 5.92 Å². The number of carbonyl (C=O) groups is 2. The minimum absolute atomic E-state index is 0.0390. The highest BCUT2D eigenvalue weighted by Crippen LogP contribution is 2.31. The maximum Gasteiger partial charge on any atom is 0.228 e. The normalized spacial score (nSPS) is 17.1. The number of hydrogen-bond acceptors (Lipinski definition) is 6. The van der Waals surface area contributed by atoms with E-state index in [1.54, 1.807) is 23.2 Å². The fourth-order valence-electron chi connectivity index (χ4n) is 2.66. The van der Waals surface area contributed by atoms with E-state index in [0.29, 0.717) is 35.9 Å². The molecule has 1 amide bonds. The Hall–Kier alpha value is -2.66. The number of thioether (sulfide) groups is 1. The van der Waals surface area contributed by atoms with E-state index in [0.717, 1.165) is 0 Å². The second-order valence-electron chi connectivity index (χ2n) is 5.47. The summed E-state index contributed by atoms with van der Waals surface area (Å²) in [6.07, 6.45) is 3.43. The number of aromatic nitrogens is 3. The van der Waals surface area contributed by atoms with Crippen LogP contribution in [0.15, 0.2) is 30.6 Å². The zero-order valence-electron chi connectivity index (χ0n) is 13.0. The summed E-state index contributed by atoms with van der Waals surface area (Å²) < 4.78 is 1.51. The van der Waals surface area contributed by atoms with Crippen LogP contribution < -0.4 is 4.90 Å². The molecule has 0 spiro atoms. The van der Waals surface area contributed by atoms with Crippen LogP contribution in [0.4, 0.5) is 5.82 Å². The summed E-state index contributed by atoms with van der Waals surface area (Å²) in [5.41, 5.74) is 0.328. The predicted molar refractivity (Wildman–Crippen MR) is 89.7 cm³/mol. The van der Waals surface area contributed by atoms with Gasteiger partial charge in [-0.15, -0.1) is 0 Å². The van der Waals surface area contributed by atoms with Gasteiger partial charge in [-0.2, -0.15) is 15.0 Å². The highest BCUT2D eigenvalue weighted by molar-refractivity contribution is 8.13. The quantitative estimate of drug-likeness (QED) is 0.841. The summed E-state index contributed by atoms with van der Waals surface area (Å²) in [6.45, 7) is 1.98. The van der Waals surface area contributed by atoms with E-state index in [9.17, 15) is 14.9 Å². The highest BCUT2D eigenvalue weighted by Gasteiger charge is 2.34. The molecule has 0 aliphatic carbocycles. The van der Waals surface area contributed by atoms with Crippen molar-refractivity contribution >= 4 is 28.6 Å². The lowest BCUT2D eigenvalue weighted by Crippen LogP contribution is -2.28. The maximum absolute atomic E-state index is 12.4. The van der Waals surface area contributed by atoms with Crippen LogP contribution in [0.5, 0.6) is 0 Å². The fraction of sp³-hybridized carbons (Fsp3) is 0.312. The Morgan fingerprint density at radius 3 is 3.00 bits per heavy atom. The lowest BCUT2D eigenvalue weighted by Gasteiger charge is -2.18. The van der Waals surface area contributed by atoms with E-state index in [4.69, 9.17) is 0 Å². The van der Waals surface area contributed by atoms with Gasteiger partial charge in [0.1, 0.15) is 11.6 Å². The van der Waals surface area contributed by atoms with E-state index in [1.807, 2.05) is 6.07 Å². The third-order valence-corrected chi connectivity index (χ3v) is 4.76. The SMILES string of the molecule is CC(=O)SCC1CC(=O)N(c2c(C#N)cnn2-c2ccccn2)C1. The number of nitrogens with zero attached hydrogens (tertiary/aromatic N) is 5. The lowest BCUT2D eigenvalue weighted by atomic mass is 10.1. The van der Waals surface area contributed by atoms with Gasteiger partial charge in [0, 0.05) is 31.8 Å². The van der Waals surface area contributed by atoms with Crippen molar-refractivity contribution in [3.63, 3.8) is 0 Å². The van der Waals surface area contributed by atoms with Gasteiger partial charge in [-0.25, -0.2) is 4.98 Å². The Bertz CT molecular complexity index is 812. The first-order chi connectivity index (χ1) is 11.6. The molecule has 3 heterocycles. The zero-order valence-corrected chi connectivity index (χ0v) is 13.9. The maximum atomic E-state index is 12.4. The Balaban J connectivity index is 1.92. The summed E-state index contributed by atoms with van der Waals surface area (Å²) in [5.74, 6) is 1.58. The van der Waals surface area contributed by atoms with Crippen LogP contribution in [0.3, 0.4) is 0 Å². The molecule has 0 radical (unpaired) electrons. The first-order valence-electron chi connectivity index (χ1n) is 7.43. The van der Waals surface area contributed by atoms with Crippen molar-refractivity contribution in [1.29, 1.82) is 5.26 Å². The van der Waals surface area contributed by atoms with Crippen molar-refractivity contribution < 1.29 is 9.59 Å². The van der Waals surface area contributed by atoms with Crippen LogP contribution in [-0.4, -0.2) is 38.1 Å². The molecule has 0 aromatic carbocycles. The number of amides is 1. The first-order valence-corrected chi connectivity index (χ1v) is 8.42. The molecule has 2 aromatic heterocycles. The monoisotopic (exact) mass is 341 g/mol. The number of pyridine rings is 1. The van der Waals surface area contributed by atoms with Crippen molar-refractivity contribution in [2.75, 3.05) is 17.2 Å². The third kappa shape index (κ3) is 3.16. The Morgan fingerprint density at radius 1 is 1.50 bits per heavy atom. The number of hydrogen-bond donors (Lipinski definition) is 0. The number of anilines is 1. The average molecular weight is 341 g/mol.